The van der Waals surface area contributed by atoms with Crippen molar-refractivity contribution in [2.45, 2.75) is 13.0 Å². The van der Waals surface area contributed by atoms with Gasteiger partial charge in [-0.05, 0) is 11.6 Å². The molecule has 0 N–H and O–H groups in total. The normalized spacial score (nSPS) is 13.8. The Morgan fingerprint density at radius 2 is 2.27 bits per heavy atom. The Balaban J connectivity index is 1.67. The van der Waals surface area contributed by atoms with E-state index in [1.54, 1.807) is 18.1 Å². The Labute approximate surface area is 128 Å². The lowest BCUT2D eigenvalue weighted by Gasteiger charge is -2.28. The van der Waals surface area contributed by atoms with Gasteiger partial charge in [-0.15, -0.1) is 0 Å². The van der Waals surface area contributed by atoms with Crippen LogP contribution in [0, 0.1) is 0 Å². The van der Waals surface area contributed by atoms with Gasteiger partial charge in [0.05, 0.1) is 24.1 Å². The molecule has 1 aliphatic heterocycles. The number of pyridine rings is 1. The molecule has 0 aliphatic carbocycles. The summed E-state index contributed by atoms with van der Waals surface area (Å²) in [5, 5.41) is 0. The number of amides is 1. The number of hydrogen-bond donors (Lipinski definition) is 0. The summed E-state index contributed by atoms with van der Waals surface area (Å²) in [6, 6.07) is 5.49. The van der Waals surface area contributed by atoms with E-state index in [0.29, 0.717) is 37.7 Å². The first kappa shape index (κ1) is 14.6. The molecular weight excluding hydrogens is 284 g/mol. The third kappa shape index (κ3) is 3.12. The highest BCUT2D eigenvalue weighted by molar-refractivity contribution is 5.93. The summed E-state index contributed by atoms with van der Waals surface area (Å²) in [7, 11) is 1.63. The minimum atomic E-state index is -0.0141. The van der Waals surface area contributed by atoms with Gasteiger partial charge in [0.1, 0.15) is 12.9 Å². The lowest BCUT2D eigenvalue weighted by atomic mass is 10.1. The fraction of sp³-hybridized carbons (Fsp3) is 0.375. The minimum absolute atomic E-state index is 0.0141. The maximum atomic E-state index is 12.3. The van der Waals surface area contributed by atoms with Gasteiger partial charge in [-0.2, -0.15) is 0 Å². The van der Waals surface area contributed by atoms with Gasteiger partial charge < -0.3 is 18.8 Å². The van der Waals surface area contributed by atoms with E-state index >= 15 is 0 Å². The van der Waals surface area contributed by atoms with Crippen LogP contribution in [-0.4, -0.2) is 42.7 Å². The zero-order chi connectivity index (χ0) is 15.4. The molecule has 3 heterocycles. The summed E-state index contributed by atoms with van der Waals surface area (Å²) >= 11 is 0. The lowest BCUT2D eigenvalue weighted by Crippen LogP contribution is -2.36. The average Bonchev–Trinajstić information content (AvgIpc) is 3.08. The summed E-state index contributed by atoms with van der Waals surface area (Å²) < 4.78 is 15.4. The predicted molar refractivity (Wildman–Crippen MR) is 78.8 cm³/mol. The zero-order valence-electron chi connectivity index (χ0n) is 12.4. The minimum Gasteiger partial charge on any atom is -0.475 e. The van der Waals surface area contributed by atoms with Crippen LogP contribution in [0.1, 0.15) is 21.6 Å². The Morgan fingerprint density at radius 3 is 3.05 bits per heavy atom. The number of aromatic nitrogens is 1. The number of furan rings is 1. The fourth-order valence-electron chi connectivity index (χ4n) is 2.45. The van der Waals surface area contributed by atoms with E-state index in [0.717, 1.165) is 17.7 Å². The first-order valence-electron chi connectivity index (χ1n) is 7.20. The average molecular weight is 302 g/mol. The summed E-state index contributed by atoms with van der Waals surface area (Å²) in [5.41, 5.74) is 2.63. The Hall–Kier alpha value is -2.34. The molecule has 0 unspecified atom stereocenters. The van der Waals surface area contributed by atoms with E-state index in [2.05, 4.69) is 4.98 Å². The van der Waals surface area contributed by atoms with E-state index in [1.807, 2.05) is 12.1 Å². The van der Waals surface area contributed by atoms with E-state index in [-0.39, 0.29) is 5.91 Å². The lowest BCUT2D eigenvalue weighted by molar-refractivity contribution is 0.0732. The molecule has 6 nitrogen and oxygen atoms in total. The van der Waals surface area contributed by atoms with Gasteiger partial charge in [-0.1, -0.05) is 6.07 Å². The first-order chi connectivity index (χ1) is 10.8. The summed E-state index contributed by atoms with van der Waals surface area (Å²) in [6.07, 6.45) is 3.71. The van der Waals surface area contributed by atoms with Crippen LogP contribution >= 0.6 is 0 Å². The molecule has 0 saturated carbocycles. The van der Waals surface area contributed by atoms with Crippen LogP contribution in [0.5, 0.6) is 5.88 Å². The molecular formula is C16H18N2O4. The Bertz CT molecular complexity index is 640. The number of rotatable bonds is 5. The SMILES string of the molecule is COCCOc1ccc2c(n1)CCN(C(=O)c1ccoc1)C2. The van der Waals surface area contributed by atoms with Crippen molar-refractivity contribution in [3.8, 4) is 5.88 Å². The van der Waals surface area contributed by atoms with Crippen LogP contribution in [0.25, 0.3) is 0 Å². The maximum Gasteiger partial charge on any atom is 0.257 e. The number of carbonyl (C=O) groups is 1. The van der Waals surface area contributed by atoms with E-state index in [4.69, 9.17) is 13.9 Å². The number of carbonyl (C=O) groups excluding carboxylic acids is 1. The Kier molecular flexibility index (Phi) is 4.39. The number of methoxy groups -OCH3 is 1. The smallest absolute Gasteiger partial charge is 0.257 e. The van der Waals surface area contributed by atoms with Crippen molar-refractivity contribution < 1.29 is 18.7 Å². The Morgan fingerprint density at radius 1 is 1.36 bits per heavy atom. The molecule has 1 aliphatic rings. The molecule has 0 aromatic carbocycles. The van der Waals surface area contributed by atoms with Crippen LogP contribution in [-0.2, 0) is 17.7 Å². The largest absolute Gasteiger partial charge is 0.475 e. The van der Waals surface area contributed by atoms with Gasteiger partial charge in [0.25, 0.3) is 5.91 Å². The van der Waals surface area contributed by atoms with Crippen LogP contribution in [0.3, 0.4) is 0 Å². The summed E-state index contributed by atoms with van der Waals surface area (Å²) in [6.45, 7) is 2.22. The third-order valence-electron chi connectivity index (χ3n) is 3.62. The number of hydrogen-bond acceptors (Lipinski definition) is 5. The van der Waals surface area contributed by atoms with Gasteiger partial charge in [-0.3, -0.25) is 4.79 Å². The molecule has 0 bridgehead atoms. The highest BCUT2D eigenvalue weighted by Crippen LogP contribution is 2.22. The highest BCUT2D eigenvalue weighted by atomic mass is 16.5. The van der Waals surface area contributed by atoms with Crippen LogP contribution in [0.15, 0.2) is 35.1 Å². The second-order valence-electron chi connectivity index (χ2n) is 5.09. The molecule has 2 aromatic rings. The van der Waals surface area contributed by atoms with Crippen LogP contribution in [0.4, 0.5) is 0 Å². The molecule has 22 heavy (non-hydrogen) atoms. The molecule has 0 fully saturated rings. The second kappa shape index (κ2) is 6.62. The quantitative estimate of drug-likeness (QED) is 0.789. The zero-order valence-corrected chi connectivity index (χ0v) is 12.4. The van der Waals surface area contributed by atoms with E-state index in [9.17, 15) is 4.79 Å². The maximum absolute atomic E-state index is 12.3. The van der Waals surface area contributed by atoms with Crippen molar-refractivity contribution in [2.75, 3.05) is 26.9 Å². The van der Waals surface area contributed by atoms with Crippen molar-refractivity contribution in [1.29, 1.82) is 0 Å². The highest BCUT2D eigenvalue weighted by Gasteiger charge is 2.23. The molecule has 3 rings (SSSR count). The standard InChI is InChI=1S/C16H18N2O4/c1-20-8-9-22-15-3-2-12-10-18(6-4-14(12)17-15)16(19)13-5-7-21-11-13/h2-3,5,7,11H,4,6,8-10H2,1H3. The third-order valence-corrected chi connectivity index (χ3v) is 3.62. The summed E-state index contributed by atoms with van der Waals surface area (Å²) in [4.78, 5) is 18.6. The van der Waals surface area contributed by atoms with Crippen molar-refractivity contribution in [1.82, 2.24) is 9.88 Å². The topological polar surface area (TPSA) is 64.8 Å². The van der Waals surface area contributed by atoms with Gasteiger partial charge in [0, 0.05) is 32.7 Å². The van der Waals surface area contributed by atoms with Crippen molar-refractivity contribution in [3.05, 3.63) is 47.5 Å². The van der Waals surface area contributed by atoms with Gasteiger partial charge in [0.15, 0.2) is 0 Å². The van der Waals surface area contributed by atoms with E-state index in [1.165, 1.54) is 12.5 Å². The molecule has 0 spiro atoms. The monoisotopic (exact) mass is 302 g/mol. The van der Waals surface area contributed by atoms with Crippen LogP contribution in [0.2, 0.25) is 0 Å². The molecule has 0 atom stereocenters. The molecule has 0 saturated heterocycles. The number of ether oxygens (including phenoxy) is 2. The second-order valence-corrected chi connectivity index (χ2v) is 5.09. The first-order valence-corrected chi connectivity index (χ1v) is 7.20. The number of nitrogens with zero attached hydrogens (tertiary/aromatic N) is 2. The summed E-state index contributed by atoms with van der Waals surface area (Å²) in [5.74, 6) is 0.588. The number of fused-ring (bicyclic) bond motifs is 1. The molecule has 1 amide bonds. The van der Waals surface area contributed by atoms with E-state index < -0.39 is 0 Å². The molecule has 116 valence electrons. The predicted octanol–water partition coefficient (Wildman–Crippen LogP) is 1.90. The van der Waals surface area contributed by atoms with Gasteiger partial charge >= 0.3 is 0 Å². The molecule has 0 radical (unpaired) electrons. The van der Waals surface area contributed by atoms with Gasteiger partial charge in [0.2, 0.25) is 5.88 Å². The van der Waals surface area contributed by atoms with Crippen LogP contribution < -0.4 is 4.74 Å². The van der Waals surface area contributed by atoms with Crippen molar-refractivity contribution in [2.24, 2.45) is 0 Å². The molecule has 6 heteroatoms. The van der Waals surface area contributed by atoms with Crippen molar-refractivity contribution >= 4 is 5.91 Å². The van der Waals surface area contributed by atoms with Gasteiger partial charge in [-0.25, -0.2) is 4.98 Å². The molecule has 2 aromatic heterocycles. The fourth-order valence-corrected chi connectivity index (χ4v) is 2.45. The van der Waals surface area contributed by atoms with Crippen molar-refractivity contribution in [3.63, 3.8) is 0 Å².